The van der Waals surface area contributed by atoms with Crippen LogP contribution in [0.5, 0.6) is 5.75 Å². The van der Waals surface area contributed by atoms with Crippen molar-refractivity contribution in [3.05, 3.63) is 29.5 Å². The number of hydrogen-bond acceptors (Lipinski definition) is 4. The largest absolute Gasteiger partial charge is 0.507 e. The Kier molecular flexibility index (Phi) is 2.11. The van der Waals surface area contributed by atoms with E-state index in [0.717, 1.165) is 0 Å². The van der Waals surface area contributed by atoms with Crippen LogP contribution in [0.25, 0.3) is 11.0 Å². The van der Waals surface area contributed by atoms with Crippen LogP contribution >= 0.6 is 0 Å². The zero-order chi connectivity index (χ0) is 11.0. The normalized spacial score (nSPS) is 10.5. The third kappa shape index (κ3) is 1.34. The van der Waals surface area contributed by atoms with Crippen molar-refractivity contribution in [1.29, 1.82) is 0 Å². The fourth-order valence-electron chi connectivity index (χ4n) is 1.60. The number of carbonyl (C=O) groups is 1. The molecule has 78 valence electrons. The Labute approximate surface area is 86.1 Å². The average Bonchev–Trinajstić information content (AvgIpc) is 2.55. The minimum absolute atomic E-state index is 0.0183. The molecule has 0 unspecified atom stereocenters. The van der Waals surface area contributed by atoms with Crippen LogP contribution < -0.4 is 0 Å². The van der Waals surface area contributed by atoms with Gasteiger partial charge in [0, 0.05) is 0 Å². The summed E-state index contributed by atoms with van der Waals surface area (Å²) in [7, 11) is 1.29. The maximum Gasteiger partial charge on any atom is 0.342 e. The molecule has 1 aromatic carbocycles. The first kappa shape index (κ1) is 9.58. The topological polar surface area (TPSA) is 59.7 Å². The van der Waals surface area contributed by atoms with Crippen molar-refractivity contribution in [2.24, 2.45) is 0 Å². The summed E-state index contributed by atoms with van der Waals surface area (Å²) in [4.78, 5) is 11.5. The van der Waals surface area contributed by atoms with Gasteiger partial charge in [-0.25, -0.2) is 4.79 Å². The quantitative estimate of drug-likeness (QED) is 0.727. The predicted octanol–water partition coefficient (Wildman–Crippen LogP) is 2.23. The summed E-state index contributed by atoms with van der Waals surface area (Å²) in [5.41, 5.74) is 0.763. The number of fused-ring (bicyclic) bond motifs is 1. The Bertz CT molecular complexity index is 525. The molecule has 0 saturated heterocycles. The number of furan rings is 1. The minimum atomic E-state index is -0.507. The summed E-state index contributed by atoms with van der Waals surface area (Å²) in [6.07, 6.45) is 0. The van der Waals surface area contributed by atoms with E-state index in [1.54, 1.807) is 19.1 Å². The lowest BCUT2D eigenvalue weighted by Crippen LogP contribution is -2.01. The number of ether oxygens (including phenoxy) is 1. The van der Waals surface area contributed by atoms with Crippen LogP contribution in [0.4, 0.5) is 0 Å². The van der Waals surface area contributed by atoms with Gasteiger partial charge in [-0.05, 0) is 19.1 Å². The molecule has 4 nitrogen and oxygen atoms in total. The number of carbonyl (C=O) groups excluding carboxylic acids is 1. The highest BCUT2D eigenvalue weighted by Crippen LogP contribution is 2.32. The average molecular weight is 206 g/mol. The number of benzene rings is 1. The van der Waals surface area contributed by atoms with Crippen LogP contribution in [0.15, 0.2) is 22.6 Å². The number of hydrogen-bond donors (Lipinski definition) is 1. The van der Waals surface area contributed by atoms with E-state index in [2.05, 4.69) is 4.74 Å². The summed E-state index contributed by atoms with van der Waals surface area (Å²) in [5, 5.41) is 10.0. The molecule has 2 rings (SSSR count). The molecule has 4 heteroatoms. The zero-order valence-corrected chi connectivity index (χ0v) is 8.40. The molecule has 0 spiro atoms. The van der Waals surface area contributed by atoms with Crippen molar-refractivity contribution < 1.29 is 19.1 Å². The van der Waals surface area contributed by atoms with Crippen LogP contribution in [0, 0.1) is 6.92 Å². The first-order valence-corrected chi connectivity index (χ1v) is 4.44. The Balaban J connectivity index is 2.82. The van der Waals surface area contributed by atoms with Gasteiger partial charge in [-0.3, -0.25) is 0 Å². The Morgan fingerprint density at radius 2 is 2.20 bits per heavy atom. The van der Waals surface area contributed by atoms with Crippen molar-refractivity contribution in [3.63, 3.8) is 0 Å². The molecule has 0 atom stereocenters. The second kappa shape index (κ2) is 3.31. The van der Waals surface area contributed by atoms with Gasteiger partial charge in [0.05, 0.1) is 12.5 Å². The molecule has 15 heavy (non-hydrogen) atoms. The maximum atomic E-state index is 11.5. The summed E-state index contributed by atoms with van der Waals surface area (Å²) >= 11 is 0. The van der Waals surface area contributed by atoms with E-state index in [-0.39, 0.29) is 11.3 Å². The lowest BCUT2D eigenvalue weighted by molar-refractivity contribution is 0.0600. The van der Waals surface area contributed by atoms with Crippen molar-refractivity contribution in [2.45, 2.75) is 6.92 Å². The molecule has 1 aromatic heterocycles. The fourth-order valence-corrected chi connectivity index (χ4v) is 1.60. The van der Waals surface area contributed by atoms with Crippen molar-refractivity contribution in [1.82, 2.24) is 0 Å². The van der Waals surface area contributed by atoms with Gasteiger partial charge in [-0.2, -0.15) is 0 Å². The lowest BCUT2D eigenvalue weighted by Gasteiger charge is -1.98. The molecule has 0 aliphatic rings. The van der Waals surface area contributed by atoms with Gasteiger partial charge in [0.25, 0.3) is 0 Å². The van der Waals surface area contributed by atoms with Crippen LogP contribution in [-0.4, -0.2) is 18.2 Å². The second-order valence-corrected chi connectivity index (χ2v) is 3.18. The van der Waals surface area contributed by atoms with Crippen LogP contribution in [0.3, 0.4) is 0 Å². The predicted molar refractivity (Wildman–Crippen MR) is 54.0 cm³/mol. The van der Waals surface area contributed by atoms with Gasteiger partial charge in [0.1, 0.15) is 22.7 Å². The van der Waals surface area contributed by atoms with E-state index >= 15 is 0 Å². The van der Waals surface area contributed by atoms with Crippen molar-refractivity contribution in [2.75, 3.05) is 7.11 Å². The Morgan fingerprint density at radius 1 is 1.47 bits per heavy atom. The molecule has 0 saturated carbocycles. The standard InChI is InChI=1S/C11H10O4/c1-6-9(11(13)14-2)10-7(12)4-3-5-8(10)15-6/h3-5,12H,1-2H3. The van der Waals surface area contributed by atoms with Gasteiger partial charge in [-0.1, -0.05) is 6.07 Å². The highest BCUT2D eigenvalue weighted by molar-refractivity contribution is 6.06. The van der Waals surface area contributed by atoms with Gasteiger partial charge in [-0.15, -0.1) is 0 Å². The van der Waals surface area contributed by atoms with E-state index in [0.29, 0.717) is 16.7 Å². The first-order valence-electron chi connectivity index (χ1n) is 4.44. The van der Waals surface area contributed by atoms with E-state index in [1.165, 1.54) is 13.2 Å². The summed E-state index contributed by atoms with van der Waals surface area (Å²) in [6, 6.07) is 4.85. The van der Waals surface area contributed by atoms with E-state index < -0.39 is 5.97 Å². The monoisotopic (exact) mass is 206 g/mol. The highest BCUT2D eigenvalue weighted by Gasteiger charge is 2.20. The molecule has 0 amide bonds. The number of rotatable bonds is 1. The summed E-state index contributed by atoms with van der Waals surface area (Å²) in [6.45, 7) is 1.66. The van der Waals surface area contributed by atoms with E-state index in [4.69, 9.17) is 4.42 Å². The number of phenolic OH excluding ortho intramolecular Hbond substituents is 1. The van der Waals surface area contributed by atoms with Crippen LogP contribution in [-0.2, 0) is 4.74 Å². The third-order valence-electron chi connectivity index (χ3n) is 2.26. The summed E-state index contributed by atoms with van der Waals surface area (Å²) < 4.78 is 9.97. The molecular weight excluding hydrogens is 196 g/mol. The van der Waals surface area contributed by atoms with Gasteiger partial charge in [0.15, 0.2) is 0 Å². The molecule has 0 bridgehead atoms. The molecule has 0 aliphatic carbocycles. The Morgan fingerprint density at radius 3 is 2.87 bits per heavy atom. The molecule has 1 heterocycles. The molecular formula is C11H10O4. The van der Waals surface area contributed by atoms with E-state index in [1.807, 2.05) is 0 Å². The molecule has 1 N–H and O–H groups in total. The molecule has 0 fully saturated rings. The van der Waals surface area contributed by atoms with Gasteiger partial charge >= 0.3 is 5.97 Å². The van der Waals surface area contributed by atoms with Gasteiger partial charge in [0.2, 0.25) is 0 Å². The third-order valence-corrected chi connectivity index (χ3v) is 2.26. The highest BCUT2D eigenvalue weighted by atomic mass is 16.5. The maximum absolute atomic E-state index is 11.5. The number of esters is 1. The second-order valence-electron chi connectivity index (χ2n) is 3.18. The lowest BCUT2D eigenvalue weighted by atomic mass is 10.1. The van der Waals surface area contributed by atoms with Crippen LogP contribution in [0.1, 0.15) is 16.1 Å². The van der Waals surface area contributed by atoms with Crippen molar-refractivity contribution >= 4 is 16.9 Å². The molecule has 2 aromatic rings. The van der Waals surface area contributed by atoms with E-state index in [9.17, 15) is 9.90 Å². The first-order chi connectivity index (χ1) is 7.15. The Hall–Kier alpha value is -1.97. The van der Waals surface area contributed by atoms with Gasteiger partial charge < -0.3 is 14.3 Å². The smallest absolute Gasteiger partial charge is 0.342 e. The SMILES string of the molecule is COC(=O)c1c(C)oc2cccc(O)c12. The summed E-state index contributed by atoms with van der Waals surface area (Å²) in [5.74, 6) is -0.0455. The van der Waals surface area contributed by atoms with Crippen LogP contribution in [0.2, 0.25) is 0 Å². The minimum Gasteiger partial charge on any atom is -0.507 e. The molecule has 0 radical (unpaired) electrons. The fraction of sp³-hybridized carbons (Fsp3) is 0.182. The number of methoxy groups -OCH3 is 1. The number of aromatic hydroxyl groups is 1. The zero-order valence-electron chi connectivity index (χ0n) is 8.40. The molecule has 0 aliphatic heterocycles. The number of aryl methyl sites for hydroxylation is 1. The number of phenols is 1. The van der Waals surface area contributed by atoms with Crippen molar-refractivity contribution in [3.8, 4) is 5.75 Å².